The molecule has 2 heterocycles. The van der Waals surface area contributed by atoms with Crippen LogP contribution in [0.5, 0.6) is 0 Å². The van der Waals surface area contributed by atoms with Crippen LogP contribution in [0.1, 0.15) is 61.2 Å². The molecule has 1 aromatic carbocycles. The van der Waals surface area contributed by atoms with Gasteiger partial charge in [-0.1, -0.05) is 48.9 Å². The molecule has 1 N–H and O–H groups in total. The Labute approximate surface area is 173 Å². The summed E-state index contributed by atoms with van der Waals surface area (Å²) in [5, 5.41) is 10.7. The molecule has 0 amide bonds. The van der Waals surface area contributed by atoms with E-state index in [1.54, 1.807) is 6.08 Å². The molecule has 0 radical (unpaired) electrons. The van der Waals surface area contributed by atoms with Crippen molar-refractivity contribution in [2.75, 3.05) is 0 Å². The van der Waals surface area contributed by atoms with Crippen molar-refractivity contribution in [3.8, 4) is 0 Å². The fourth-order valence-corrected chi connectivity index (χ4v) is 3.96. The fraction of sp³-hybridized carbons (Fsp3) is 0.542. The first-order valence-electron chi connectivity index (χ1n) is 10.3. The summed E-state index contributed by atoms with van der Waals surface area (Å²) in [6, 6.07) is 3.98. The number of aliphatic hydroxyl groups is 1. The number of cyclic esters (lactones) is 1. The van der Waals surface area contributed by atoms with E-state index in [2.05, 4.69) is 0 Å². The Morgan fingerprint density at radius 2 is 1.83 bits per heavy atom. The van der Waals surface area contributed by atoms with Crippen LogP contribution in [-0.2, 0) is 14.2 Å². The smallest absolute Gasteiger partial charge is 0.339 e. The summed E-state index contributed by atoms with van der Waals surface area (Å²) < 4.78 is 17.7. The SMILES string of the molecule is Cc1cc(C)c2c(c1)/C=C/C[C@@H]1OC(C)(C)OC1C(O)/C=C\[C@@H](C)[C@H](C)OC2=O. The lowest BCUT2D eigenvalue weighted by molar-refractivity contribution is -0.152. The molecule has 0 bridgehead atoms. The maximum absolute atomic E-state index is 12.9. The van der Waals surface area contributed by atoms with Crippen LogP contribution in [-0.4, -0.2) is 41.3 Å². The summed E-state index contributed by atoms with van der Waals surface area (Å²) in [6.07, 6.45) is 6.18. The quantitative estimate of drug-likeness (QED) is 0.518. The van der Waals surface area contributed by atoms with Gasteiger partial charge in [0.25, 0.3) is 0 Å². The third-order valence-corrected chi connectivity index (χ3v) is 5.58. The van der Waals surface area contributed by atoms with Crippen LogP contribution in [0.25, 0.3) is 6.08 Å². The minimum Gasteiger partial charge on any atom is -0.458 e. The Bertz CT molecular complexity index is 823. The summed E-state index contributed by atoms with van der Waals surface area (Å²) in [4.78, 5) is 12.9. The van der Waals surface area contributed by atoms with Crippen molar-refractivity contribution < 1.29 is 24.1 Å². The van der Waals surface area contributed by atoms with Gasteiger partial charge in [-0.2, -0.15) is 0 Å². The second-order valence-corrected chi connectivity index (χ2v) is 8.67. The van der Waals surface area contributed by atoms with Gasteiger partial charge in [-0.3, -0.25) is 0 Å². The second kappa shape index (κ2) is 8.42. The van der Waals surface area contributed by atoms with E-state index in [-0.39, 0.29) is 24.1 Å². The lowest BCUT2D eigenvalue weighted by Gasteiger charge is -2.22. The number of rotatable bonds is 0. The fourth-order valence-electron chi connectivity index (χ4n) is 3.96. The first-order chi connectivity index (χ1) is 13.6. The van der Waals surface area contributed by atoms with Crippen molar-refractivity contribution in [3.63, 3.8) is 0 Å². The Kier molecular flexibility index (Phi) is 6.32. The molecule has 29 heavy (non-hydrogen) atoms. The molecule has 2 unspecified atom stereocenters. The van der Waals surface area contributed by atoms with Gasteiger partial charge < -0.3 is 19.3 Å². The number of carbonyl (C=O) groups is 1. The van der Waals surface area contributed by atoms with E-state index in [1.807, 2.05) is 71.9 Å². The zero-order valence-corrected chi connectivity index (χ0v) is 18.1. The molecule has 158 valence electrons. The molecular formula is C24H32O5. The zero-order chi connectivity index (χ0) is 21.3. The summed E-state index contributed by atoms with van der Waals surface area (Å²) in [6.45, 7) is 11.5. The number of carbonyl (C=O) groups excluding carboxylic acids is 1. The lowest BCUT2D eigenvalue weighted by atomic mass is 9.96. The number of esters is 1. The highest BCUT2D eigenvalue weighted by atomic mass is 16.8. The highest BCUT2D eigenvalue weighted by Crippen LogP contribution is 2.33. The van der Waals surface area contributed by atoms with Gasteiger partial charge in [0, 0.05) is 5.92 Å². The van der Waals surface area contributed by atoms with Gasteiger partial charge in [-0.05, 0) is 52.2 Å². The molecule has 3 rings (SSSR count). The van der Waals surface area contributed by atoms with Crippen LogP contribution in [0.15, 0.2) is 30.4 Å². The van der Waals surface area contributed by atoms with E-state index in [0.29, 0.717) is 12.0 Å². The average Bonchev–Trinajstić information content (AvgIpc) is 2.92. The lowest BCUT2D eigenvalue weighted by Crippen LogP contribution is -2.34. The number of ether oxygens (including phenoxy) is 3. The van der Waals surface area contributed by atoms with Gasteiger partial charge in [0.05, 0.1) is 11.7 Å². The maximum Gasteiger partial charge on any atom is 0.339 e. The summed E-state index contributed by atoms with van der Waals surface area (Å²) >= 11 is 0. The number of hydrogen-bond acceptors (Lipinski definition) is 5. The van der Waals surface area contributed by atoms with Crippen molar-refractivity contribution in [1.29, 1.82) is 0 Å². The normalized spacial score (nSPS) is 34.4. The molecule has 2 aliphatic heterocycles. The third kappa shape index (κ3) is 4.97. The molecule has 0 saturated carbocycles. The first kappa shape index (κ1) is 21.8. The molecule has 0 aliphatic carbocycles. The molecule has 0 aromatic heterocycles. The summed E-state index contributed by atoms with van der Waals surface area (Å²) in [7, 11) is 0. The highest BCUT2D eigenvalue weighted by molar-refractivity contribution is 5.95. The van der Waals surface area contributed by atoms with E-state index in [0.717, 1.165) is 16.7 Å². The average molecular weight is 401 g/mol. The van der Waals surface area contributed by atoms with Crippen molar-refractivity contribution in [2.24, 2.45) is 5.92 Å². The topological polar surface area (TPSA) is 65.0 Å². The van der Waals surface area contributed by atoms with Crippen LogP contribution >= 0.6 is 0 Å². The molecule has 5 nitrogen and oxygen atoms in total. The van der Waals surface area contributed by atoms with Crippen LogP contribution in [0, 0.1) is 19.8 Å². The largest absolute Gasteiger partial charge is 0.458 e. The highest BCUT2D eigenvalue weighted by Gasteiger charge is 2.43. The molecule has 1 fully saturated rings. The van der Waals surface area contributed by atoms with Gasteiger partial charge in [0.2, 0.25) is 0 Å². The Hall–Kier alpha value is -1.95. The van der Waals surface area contributed by atoms with E-state index in [1.165, 1.54) is 0 Å². The monoisotopic (exact) mass is 400 g/mol. The van der Waals surface area contributed by atoms with Gasteiger partial charge >= 0.3 is 5.97 Å². The number of aryl methyl sites for hydroxylation is 2. The molecule has 1 saturated heterocycles. The maximum atomic E-state index is 12.9. The van der Waals surface area contributed by atoms with Crippen molar-refractivity contribution in [3.05, 3.63) is 52.6 Å². The van der Waals surface area contributed by atoms with Crippen LogP contribution in [0.3, 0.4) is 0 Å². The molecule has 0 spiro atoms. The minimum absolute atomic E-state index is 0.0601. The van der Waals surface area contributed by atoms with Gasteiger partial charge in [-0.15, -0.1) is 0 Å². The molecule has 2 aliphatic rings. The standard InChI is InChI=1S/C24H32O5/c1-14-12-16(3)21-18(13-14)8-7-9-20-22(29-24(5,6)28-20)19(25)11-10-15(2)17(4)27-23(21)26/h7-8,10-13,15,17,19-20,22,25H,9H2,1-6H3/b8-7+,11-10-/t15-,17+,19?,20+,22?/m1/s1. The van der Waals surface area contributed by atoms with Crippen LogP contribution in [0.2, 0.25) is 0 Å². The van der Waals surface area contributed by atoms with Crippen LogP contribution in [0.4, 0.5) is 0 Å². The van der Waals surface area contributed by atoms with Gasteiger partial charge in [0.15, 0.2) is 5.79 Å². The number of aliphatic hydroxyl groups excluding tert-OH is 1. The minimum atomic E-state index is -0.805. The molecular weight excluding hydrogens is 368 g/mol. The Morgan fingerprint density at radius 3 is 2.55 bits per heavy atom. The second-order valence-electron chi connectivity index (χ2n) is 8.67. The third-order valence-electron chi connectivity index (χ3n) is 5.58. The van der Waals surface area contributed by atoms with Crippen molar-refractivity contribution in [2.45, 2.75) is 78.2 Å². The van der Waals surface area contributed by atoms with E-state index >= 15 is 0 Å². The number of benzene rings is 1. The molecule has 1 aromatic rings. The van der Waals surface area contributed by atoms with Crippen molar-refractivity contribution >= 4 is 12.0 Å². The van der Waals surface area contributed by atoms with Gasteiger partial charge in [0.1, 0.15) is 18.3 Å². The Balaban J connectivity index is 2.02. The molecule has 5 atom stereocenters. The molecule has 5 heteroatoms. The van der Waals surface area contributed by atoms with E-state index in [9.17, 15) is 9.90 Å². The first-order valence-corrected chi connectivity index (χ1v) is 10.3. The number of hydrogen-bond donors (Lipinski definition) is 1. The van der Waals surface area contributed by atoms with E-state index in [4.69, 9.17) is 14.2 Å². The van der Waals surface area contributed by atoms with Gasteiger partial charge in [-0.25, -0.2) is 4.79 Å². The zero-order valence-electron chi connectivity index (χ0n) is 18.1. The summed E-state index contributed by atoms with van der Waals surface area (Å²) in [5.74, 6) is -1.14. The predicted molar refractivity (Wildman–Crippen MR) is 113 cm³/mol. The van der Waals surface area contributed by atoms with Crippen molar-refractivity contribution in [1.82, 2.24) is 0 Å². The summed E-state index contributed by atoms with van der Waals surface area (Å²) in [5.41, 5.74) is 3.40. The predicted octanol–water partition coefficient (Wildman–Crippen LogP) is 4.34. The number of fused-ring (bicyclic) bond motifs is 2. The Morgan fingerprint density at radius 1 is 1.10 bits per heavy atom. The van der Waals surface area contributed by atoms with E-state index < -0.39 is 18.0 Å². The van der Waals surface area contributed by atoms with Crippen LogP contribution < -0.4 is 0 Å².